The predicted molar refractivity (Wildman–Crippen MR) is 239 cm³/mol. The normalized spacial score (nSPS) is 15.9. The third kappa shape index (κ3) is 25.6. The number of hydrogen-bond acceptors (Lipinski definition) is 5. The number of unbranched alkanes of at least 4 members (excludes halogenated alkanes) is 22. The van der Waals surface area contributed by atoms with Gasteiger partial charge in [-0.2, -0.15) is 0 Å². The Balaban J connectivity index is 2.65. The van der Waals surface area contributed by atoms with Crippen LogP contribution in [0.4, 0.5) is 0 Å². The standard InChI is InChI=1S/C49H93N3O2/c1-6-11-13-15-17-19-21-23-25-27-29-31-33-35-37-40-49(41-38-36-34-32-30-28-26-24-22-20-18-16-14-12-7-2)46-50-47(48(53)54-10-5)52(49)45-39-44-51(42-8-3)43-9-4/h23-26,46-47H,6-22,27-45H2,1-5H3/b25-23-,26-24-. The summed E-state index contributed by atoms with van der Waals surface area (Å²) in [7, 11) is 0. The highest BCUT2D eigenvalue weighted by Crippen LogP contribution is 2.35. The molecule has 5 nitrogen and oxygen atoms in total. The van der Waals surface area contributed by atoms with Crippen molar-refractivity contribution in [2.45, 2.75) is 245 Å². The number of hydrogen-bond donors (Lipinski definition) is 0. The van der Waals surface area contributed by atoms with Gasteiger partial charge in [0.25, 0.3) is 0 Å². The minimum Gasteiger partial charge on any atom is -0.463 e. The summed E-state index contributed by atoms with van der Waals surface area (Å²) in [6, 6.07) is 0. The Bertz CT molecular complexity index is 869. The van der Waals surface area contributed by atoms with E-state index in [-0.39, 0.29) is 11.5 Å². The molecule has 0 spiro atoms. The van der Waals surface area contributed by atoms with Crippen LogP contribution >= 0.6 is 0 Å². The number of rotatable bonds is 40. The highest BCUT2D eigenvalue weighted by molar-refractivity contribution is 5.84. The minimum absolute atomic E-state index is 0.129. The van der Waals surface area contributed by atoms with E-state index in [0.29, 0.717) is 6.61 Å². The zero-order valence-corrected chi connectivity index (χ0v) is 37.1. The van der Waals surface area contributed by atoms with E-state index >= 15 is 0 Å². The van der Waals surface area contributed by atoms with Crippen LogP contribution in [-0.2, 0) is 9.53 Å². The predicted octanol–water partition coefficient (Wildman–Crippen LogP) is 14.6. The van der Waals surface area contributed by atoms with E-state index in [1.54, 1.807) is 0 Å². The Kier molecular flexibility index (Phi) is 34.8. The molecule has 316 valence electrons. The minimum atomic E-state index is -0.484. The molecule has 1 atom stereocenters. The van der Waals surface area contributed by atoms with Crippen LogP contribution in [0.25, 0.3) is 0 Å². The molecule has 0 saturated carbocycles. The lowest BCUT2D eigenvalue weighted by Crippen LogP contribution is -2.53. The molecular formula is C49H93N3O2. The van der Waals surface area contributed by atoms with Crippen LogP contribution in [0.5, 0.6) is 0 Å². The first-order valence-corrected chi connectivity index (χ1v) is 24.1. The molecule has 0 fully saturated rings. The first kappa shape index (κ1) is 50.6. The molecule has 0 aliphatic carbocycles. The summed E-state index contributed by atoms with van der Waals surface area (Å²) in [5.41, 5.74) is -0.129. The van der Waals surface area contributed by atoms with Crippen LogP contribution in [0.2, 0.25) is 0 Å². The second-order valence-corrected chi connectivity index (χ2v) is 16.6. The largest absolute Gasteiger partial charge is 0.463 e. The molecule has 1 unspecified atom stereocenters. The molecular weight excluding hydrogens is 663 g/mol. The SMILES string of the molecule is CCCCCCCC/C=C\CCCCCCCC1(CCCCCCC/C=C\CCCCCCCC)C=NC(C(=O)OCC)N1CCCN(CCC)CCC. The van der Waals surface area contributed by atoms with E-state index in [2.05, 4.69) is 68.0 Å². The van der Waals surface area contributed by atoms with Crippen molar-refractivity contribution in [3.8, 4) is 0 Å². The third-order valence-electron chi connectivity index (χ3n) is 11.5. The van der Waals surface area contributed by atoms with Crippen molar-refractivity contribution in [2.75, 3.05) is 32.8 Å². The van der Waals surface area contributed by atoms with Crippen molar-refractivity contribution in [2.24, 2.45) is 4.99 Å². The zero-order valence-electron chi connectivity index (χ0n) is 37.1. The quantitative estimate of drug-likeness (QED) is 0.0355. The van der Waals surface area contributed by atoms with Gasteiger partial charge in [-0.05, 0) is 110 Å². The third-order valence-corrected chi connectivity index (χ3v) is 11.5. The molecule has 0 N–H and O–H groups in total. The van der Waals surface area contributed by atoms with Gasteiger partial charge < -0.3 is 9.64 Å². The molecule has 1 aliphatic rings. The Morgan fingerprint density at radius 3 is 1.37 bits per heavy atom. The van der Waals surface area contributed by atoms with Crippen molar-refractivity contribution in [3.63, 3.8) is 0 Å². The van der Waals surface area contributed by atoms with E-state index in [9.17, 15) is 4.79 Å². The van der Waals surface area contributed by atoms with Gasteiger partial charge in [0.05, 0.1) is 12.1 Å². The number of carbonyl (C=O) groups is 1. The molecule has 0 radical (unpaired) electrons. The lowest BCUT2D eigenvalue weighted by Gasteiger charge is -2.40. The lowest BCUT2D eigenvalue weighted by atomic mass is 9.85. The van der Waals surface area contributed by atoms with E-state index in [1.165, 1.54) is 180 Å². The molecule has 0 aromatic rings. The fourth-order valence-electron chi connectivity index (χ4n) is 8.33. The van der Waals surface area contributed by atoms with E-state index in [0.717, 1.165) is 45.4 Å². The number of allylic oxidation sites excluding steroid dienone is 4. The van der Waals surface area contributed by atoms with Gasteiger partial charge in [-0.1, -0.05) is 168 Å². The van der Waals surface area contributed by atoms with Crippen LogP contribution in [0.1, 0.15) is 234 Å². The average molecular weight is 756 g/mol. The van der Waals surface area contributed by atoms with E-state index < -0.39 is 6.17 Å². The van der Waals surface area contributed by atoms with Crippen LogP contribution in [0.3, 0.4) is 0 Å². The van der Waals surface area contributed by atoms with Gasteiger partial charge in [-0.3, -0.25) is 9.89 Å². The molecule has 0 aromatic carbocycles. The number of aliphatic imine (C=N–C) groups is 1. The number of ether oxygens (including phenoxy) is 1. The Hall–Kier alpha value is -1.46. The van der Waals surface area contributed by atoms with Gasteiger partial charge in [0.1, 0.15) is 0 Å². The molecule has 0 bridgehead atoms. The van der Waals surface area contributed by atoms with Crippen molar-refractivity contribution in [3.05, 3.63) is 24.3 Å². The second kappa shape index (κ2) is 37.1. The van der Waals surface area contributed by atoms with Gasteiger partial charge in [-0.25, -0.2) is 4.79 Å². The Morgan fingerprint density at radius 1 is 0.556 bits per heavy atom. The van der Waals surface area contributed by atoms with Crippen molar-refractivity contribution in [1.82, 2.24) is 9.80 Å². The smallest absolute Gasteiger partial charge is 0.346 e. The maximum atomic E-state index is 13.3. The molecule has 0 aromatic heterocycles. The lowest BCUT2D eigenvalue weighted by molar-refractivity contribution is -0.150. The number of carbonyl (C=O) groups excluding carboxylic acids is 1. The summed E-state index contributed by atoms with van der Waals surface area (Å²) in [6.45, 7) is 15.8. The molecule has 0 amide bonds. The number of nitrogens with zero attached hydrogens (tertiary/aromatic N) is 3. The van der Waals surface area contributed by atoms with E-state index in [4.69, 9.17) is 9.73 Å². The summed E-state index contributed by atoms with van der Waals surface area (Å²) >= 11 is 0. The van der Waals surface area contributed by atoms with Crippen LogP contribution < -0.4 is 0 Å². The molecule has 5 heteroatoms. The van der Waals surface area contributed by atoms with Gasteiger partial charge in [0.2, 0.25) is 6.17 Å². The maximum absolute atomic E-state index is 13.3. The number of esters is 1. The van der Waals surface area contributed by atoms with Crippen LogP contribution in [0, 0.1) is 0 Å². The van der Waals surface area contributed by atoms with Gasteiger partial charge >= 0.3 is 5.97 Å². The van der Waals surface area contributed by atoms with Crippen molar-refractivity contribution >= 4 is 12.2 Å². The fraction of sp³-hybridized carbons (Fsp3) is 0.878. The fourth-order valence-corrected chi connectivity index (χ4v) is 8.33. The summed E-state index contributed by atoms with van der Waals surface area (Å²) < 4.78 is 5.60. The Labute approximate surface area is 338 Å². The average Bonchev–Trinajstić information content (AvgIpc) is 3.52. The van der Waals surface area contributed by atoms with Crippen molar-refractivity contribution in [1.29, 1.82) is 0 Å². The summed E-state index contributed by atoms with van der Waals surface area (Å²) in [5, 5.41) is 0. The van der Waals surface area contributed by atoms with Gasteiger partial charge in [0.15, 0.2) is 0 Å². The monoisotopic (exact) mass is 756 g/mol. The first-order valence-electron chi connectivity index (χ1n) is 24.1. The maximum Gasteiger partial charge on any atom is 0.346 e. The van der Waals surface area contributed by atoms with E-state index in [1.807, 2.05) is 6.92 Å². The molecule has 1 aliphatic heterocycles. The van der Waals surface area contributed by atoms with Gasteiger partial charge in [-0.15, -0.1) is 0 Å². The topological polar surface area (TPSA) is 45.1 Å². The Morgan fingerprint density at radius 2 is 0.963 bits per heavy atom. The molecule has 0 saturated heterocycles. The summed E-state index contributed by atoms with van der Waals surface area (Å²) in [5.74, 6) is -0.163. The van der Waals surface area contributed by atoms with Gasteiger partial charge in [0, 0.05) is 12.8 Å². The highest BCUT2D eigenvalue weighted by Gasteiger charge is 2.45. The molecule has 1 rings (SSSR count). The van der Waals surface area contributed by atoms with Crippen molar-refractivity contribution < 1.29 is 9.53 Å². The molecule has 54 heavy (non-hydrogen) atoms. The molecule has 1 heterocycles. The van der Waals surface area contributed by atoms with Crippen LogP contribution in [-0.4, -0.2) is 66.5 Å². The van der Waals surface area contributed by atoms with Crippen LogP contribution in [0.15, 0.2) is 29.3 Å². The summed E-state index contributed by atoms with van der Waals surface area (Å²) in [4.78, 5) is 23.3. The highest BCUT2D eigenvalue weighted by atomic mass is 16.5. The zero-order chi connectivity index (χ0) is 39.2. The summed E-state index contributed by atoms with van der Waals surface area (Å²) in [6.07, 6.45) is 51.4. The second-order valence-electron chi connectivity index (χ2n) is 16.6. The first-order chi connectivity index (χ1) is 26.6.